The Kier molecular flexibility index (Phi) is 4.86. The summed E-state index contributed by atoms with van der Waals surface area (Å²) in [6.45, 7) is 3.32. The molecule has 20 heavy (non-hydrogen) atoms. The van der Waals surface area contributed by atoms with Crippen molar-refractivity contribution in [1.82, 2.24) is 20.3 Å². The zero-order valence-electron chi connectivity index (χ0n) is 11.0. The molecule has 0 bridgehead atoms. The number of benzene rings is 1. The van der Waals surface area contributed by atoms with E-state index in [1.807, 2.05) is 12.1 Å². The van der Waals surface area contributed by atoms with Gasteiger partial charge in [-0.15, -0.1) is 5.10 Å². The van der Waals surface area contributed by atoms with Crippen LogP contribution >= 0.6 is 15.9 Å². The van der Waals surface area contributed by atoms with Crippen LogP contribution in [0.25, 0.3) is 0 Å². The van der Waals surface area contributed by atoms with Gasteiger partial charge in [0.15, 0.2) is 5.69 Å². The molecule has 0 saturated heterocycles. The number of nitrogens with zero attached hydrogens (tertiary/aromatic N) is 3. The summed E-state index contributed by atoms with van der Waals surface area (Å²) in [4.78, 5) is 10.7. The highest BCUT2D eigenvalue weighted by molar-refractivity contribution is 9.10. The van der Waals surface area contributed by atoms with E-state index >= 15 is 0 Å². The van der Waals surface area contributed by atoms with Crippen LogP contribution in [0.15, 0.2) is 34.9 Å². The predicted octanol–water partition coefficient (Wildman–Crippen LogP) is 2.09. The van der Waals surface area contributed by atoms with Gasteiger partial charge in [-0.1, -0.05) is 33.3 Å². The minimum atomic E-state index is -1.06. The second kappa shape index (κ2) is 6.62. The summed E-state index contributed by atoms with van der Waals surface area (Å²) in [6.07, 6.45) is 1.42. The van der Waals surface area contributed by atoms with Crippen molar-refractivity contribution in [2.75, 3.05) is 6.54 Å². The summed E-state index contributed by atoms with van der Waals surface area (Å²) >= 11 is 3.45. The molecule has 1 atom stereocenters. The molecule has 106 valence electrons. The monoisotopic (exact) mass is 338 g/mol. The van der Waals surface area contributed by atoms with E-state index in [0.29, 0.717) is 13.1 Å². The first-order chi connectivity index (χ1) is 9.56. The summed E-state index contributed by atoms with van der Waals surface area (Å²) < 4.78 is 2.57. The van der Waals surface area contributed by atoms with Gasteiger partial charge in [0.1, 0.15) is 0 Å². The average Bonchev–Trinajstić information content (AvgIpc) is 2.87. The molecule has 0 spiro atoms. The molecule has 1 heterocycles. The van der Waals surface area contributed by atoms with E-state index in [9.17, 15) is 4.79 Å². The van der Waals surface area contributed by atoms with Crippen molar-refractivity contribution in [3.8, 4) is 0 Å². The maximum atomic E-state index is 10.7. The first-order valence-corrected chi connectivity index (χ1v) is 6.98. The van der Waals surface area contributed by atoms with Gasteiger partial charge in [0, 0.05) is 17.1 Å². The van der Waals surface area contributed by atoms with E-state index in [2.05, 4.69) is 50.6 Å². The smallest absolute Gasteiger partial charge is 0.358 e. The Morgan fingerprint density at radius 3 is 3.00 bits per heavy atom. The Balaban J connectivity index is 1.84. The normalized spacial score (nSPS) is 12.3. The molecule has 2 aromatic rings. The molecule has 1 aromatic carbocycles. The zero-order chi connectivity index (χ0) is 14.5. The second-order valence-corrected chi connectivity index (χ2v) is 5.32. The van der Waals surface area contributed by atoms with E-state index in [1.54, 1.807) is 0 Å². The fourth-order valence-corrected chi connectivity index (χ4v) is 2.21. The Morgan fingerprint density at radius 2 is 2.35 bits per heavy atom. The first kappa shape index (κ1) is 14.7. The lowest BCUT2D eigenvalue weighted by atomic mass is 10.1. The minimum absolute atomic E-state index is 0.0370. The van der Waals surface area contributed by atoms with Crippen molar-refractivity contribution in [3.63, 3.8) is 0 Å². The summed E-state index contributed by atoms with van der Waals surface area (Å²) in [5.41, 5.74) is 1.15. The van der Waals surface area contributed by atoms with Crippen molar-refractivity contribution in [2.24, 2.45) is 0 Å². The van der Waals surface area contributed by atoms with Crippen LogP contribution in [0.2, 0.25) is 0 Å². The lowest BCUT2D eigenvalue weighted by Crippen LogP contribution is -2.23. The Morgan fingerprint density at radius 1 is 1.55 bits per heavy atom. The number of rotatable bonds is 6. The Labute approximate surface area is 124 Å². The van der Waals surface area contributed by atoms with Gasteiger partial charge in [-0.05, 0) is 24.6 Å². The summed E-state index contributed by atoms with van der Waals surface area (Å²) in [6, 6.07) is 8.30. The van der Waals surface area contributed by atoms with E-state index in [0.717, 1.165) is 4.47 Å². The summed E-state index contributed by atoms with van der Waals surface area (Å²) in [7, 11) is 0. The maximum Gasteiger partial charge on any atom is 0.358 e. The highest BCUT2D eigenvalue weighted by Crippen LogP contribution is 2.17. The highest BCUT2D eigenvalue weighted by atomic mass is 79.9. The fourth-order valence-electron chi connectivity index (χ4n) is 1.80. The fraction of sp³-hybridized carbons (Fsp3) is 0.308. The molecule has 0 unspecified atom stereocenters. The zero-order valence-corrected chi connectivity index (χ0v) is 12.5. The van der Waals surface area contributed by atoms with Gasteiger partial charge in [0.05, 0.1) is 12.7 Å². The number of hydrogen-bond donors (Lipinski definition) is 2. The van der Waals surface area contributed by atoms with E-state index in [1.165, 1.54) is 16.4 Å². The van der Waals surface area contributed by atoms with Gasteiger partial charge in [-0.3, -0.25) is 4.68 Å². The summed E-state index contributed by atoms with van der Waals surface area (Å²) in [5.74, 6) is -1.06. The van der Waals surface area contributed by atoms with Crippen LogP contribution in [0.3, 0.4) is 0 Å². The number of carboxylic acids is 1. The van der Waals surface area contributed by atoms with E-state index < -0.39 is 5.97 Å². The molecule has 0 aliphatic heterocycles. The quantitative estimate of drug-likeness (QED) is 0.842. The summed E-state index contributed by atoms with van der Waals surface area (Å²) in [5, 5.41) is 19.4. The molecule has 2 rings (SSSR count). The number of nitrogens with one attached hydrogen (secondary N) is 1. The van der Waals surface area contributed by atoms with Gasteiger partial charge in [0.25, 0.3) is 0 Å². The standard InChI is InChI=1S/C13H15BrN4O2/c1-9(10-3-2-4-11(14)7-10)15-5-6-18-8-12(13(19)20)16-17-18/h2-4,7-9,15H,5-6H2,1H3,(H,19,20)/t9-/m0/s1. The lowest BCUT2D eigenvalue weighted by molar-refractivity contribution is 0.0690. The molecule has 7 heteroatoms. The molecule has 0 aliphatic carbocycles. The molecule has 0 saturated carbocycles. The SMILES string of the molecule is C[C@H](NCCn1cc(C(=O)O)nn1)c1cccc(Br)c1. The van der Waals surface area contributed by atoms with Gasteiger partial charge in [0.2, 0.25) is 0 Å². The van der Waals surface area contributed by atoms with Gasteiger partial charge >= 0.3 is 5.97 Å². The van der Waals surface area contributed by atoms with Crippen LogP contribution in [-0.2, 0) is 6.54 Å². The van der Waals surface area contributed by atoms with Crippen molar-refractivity contribution >= 4 is 21.9 Å². The number of hydrogen-bond acceptors (Lipinski definition) is 4. The van der Waals surface area contributed by atoms with Crippen molar-refractivity contribution < 1.29 is 9.90 Å². The molecular formula is C13H15BrN4O2. The van der Waals surface area contributed by atoms with E-state index in [4.69, 9.17) is 5.11 Å². The number of halogens is 1. The van der Waals surface area contributed by atoms with Crippen LogP contribution in [0.5, 0.6) is 0 Å². The topological polar surface area (TPSA) is 80.0 Å². The van der Waals surface area contributed by atoms with E-state index in [-0.39, 0.29) is 11.7 Å². The Hall–Kier alpha value is -1.73. The molecule has 1 aromatic heterocycles. The second-order valence-electron chi connectivity index (χ2n) is 4.40. The van der Waals surface area contributed by atoms with Crippen LogP contribution in [0.4, 0.5) is 0 Å². The van der Waals surface area contributed by atoms with Crippen LogP contribution in [0.1, 0.15) is 29.0 Å². The third kappa shape index (κ3) is 3.88. The van der Waals surface area contributed by atoms with Gasteiger partial charge in [-0.2, -0.15) is 0 Å². The third-order valence-electron chi connectivity index (χ3n) is 2.90. The molecule has 0 fully saturated rings. The van der Waals surface area contributed by atoms with Crippen molar-refractivity contribution in [3.05, 3.63) is 46.2 Å². The van der Waals surface area contributed by atoms with Gasteiger partial charge < -0.3 is 10.4 Å². The lowest BCUT2D eigenvalue weighted by Gasteiger charge is -2.14. The van der Waals surface area contributed by atoms with Gasteiger partial charge in [-0.25, -0.2) is 4.79 Å². The van der Waals surface area contributed by atoms with Crippen LogP contribution in [0, 0.1) is 0 Å². The number of aromatic nitrogens is 3. The van der Waals surface area contributed by atoms with Crippen molar-refractivity contribution in [1.29, 1.82) is 0 Å². The molecule has 0 aliphatic rings. The predicted molar refractivity (Wildman–Crippen MR) is 77.5 cm³/mol. The average molecular weight is 339 g/mol. The minimum Gasteiger partial charge on any atom is -0.476 e. The maximum absolute atomic E-state index is 10.7. The largest absolute Gasteiger partial charge is 0.476 e. The third-order valence-corrected chi connectivity index (χ3v) is 3.39. The molecule has 6 nitrogen and oxygen atoms in total. The Bertz CT molecular complexity index is 600. The molecule has 0 radical (unpaired) electrons. The molecule has 0 amide bonds. The highest BCUT2D eigenvalue weighted by Gasteiger charge is 2.08. The molecule has 2 N–H and O–H groups in total. The van der Waals surface area contributed by atoms with Crippen LogP contribution in [-0.4, -0.2) is 32.6 Å². The van der Waals surface area contributed by atoms with Crippen LogP contribution < -0.4 is 5.32 Å². The first-order valence-electron chi connectivity index (χ1n) is 6.18. The number of carboxylic acid groups (broad SMARTS) is 1. The number of carbonyl (C=O) groups is 1. The number of aromatic carboxylic acids is 1. The van der Waals surface area contributed by atoms with Crippen molar-refractivity contribution in [2.45, 2.75) is 19.5 Å². The molecular weight excluding hydrogens is 324 g/mol.